The third kappa shape index (κ3) is 5.27. The molecule has 1 heterocycles. The molecule has 1 aromatic carbocycles. The normalized spacial score (nSPS) is 12.0. The van der Waals surface area contributed by atoms with Crippen LogP contribution < -0.4 is 10.9 Å². The fourth-order valence-corrected chi connectivity index (χ4v) is 2.58. The number of amides is 1. The maximum absolute atomic E-state index is 12.4. The number of nitrogens with one attached hydrogen (secondary N) is 1. The lowest BCUT2D eigenvalue weighted by Gasteiger charge is -2.21. The van der Waals surface area contributed by atoms with Crippen LogP contribution in [0.25, 0.3) is 0 Å². The largest absolute Gasteiger partial charge is 0.348 e. The van der Waals surface area contributed by atoms with Crippen molar-refractivity contribution in [3.63, 3.8) is 0 Å². The zero-order valence-electron chi connectivity index (χ0n) is 14.2. The first-order chi connectivity index (χ1) is 11.9. The summed E-state index contributed by atoms with van der Waals surface area (Å²) in [5.74, 6) is 0.00291. The standard InChI is InChI=1S/C18H21N3O4/c1-13(2)10-16(14-6-4-3-5-7-14)19-17(22)12-20-11-15(21(24)25)8-9-18(20)23/h3-9,11,13,16H,10,12H2,1-2H3,(H,19,22)/t16-/m1/s1. The molecule has 0 saturated carbocycles. The van der Waals surface area contributed by atoms with E-state index in [-0.39, 0.29) is 24.2 Å². The van der Waals surface area contributed by atoms with E-state index < -0.39 is 10.5 Å². The summed E-state index contributed by atoms with van der Waals surface area (Å²) in [5.41, 5.74) is 0.297. The van der Waals surface area contributed by atoms with Gasteiger partial charge in [-0.15, -0.1) is 0 Å². The summed E-state index contributed by atoms with van der Waals surface area (Å²) >= 11 is 0. The molecule has 0 saturated heterocycles. The van der Waals surface area contributed by atoms with E-state index in [1.54, 1.807) is 0 Å². The maximum Gasteiger partial charge on any atom is 0.285 e. The van der Waals surface area contributed by atoms with Crippen LogP contribution in [0.2, 0.25) is 0 Å². The number of hydrogen-bond acceptors (Lipinski definition) is 4. The summed E-state index contributed by atoms with van der Waals surface area (Å²) in [6, 6.07) is 11.6. The lowest BCUT2D eigenvalue weighted by Crippen LogP contribution is -2.35. The van der Waals surface area contributed by atoms with Gasteiger partial charge < -0.3 is 5.32 Å². The van der Waals surface area contributed by atoms with E-state index in [1.165, 1.54) is 0 Å². The highest BCUT2D eigenvalue weighted by atomic mass is 16.6. The molecule has 25 heavy (non-hydrogen) atoms. The van der Waals surface area contributed by atoms with Gasteiger partial charge in [0.2, 0.25) is 5.91 Å². The topological polar surface area (TPSA) is 94.2 Å². The van der Waals surface area contributed by atoms with E-state index in [2.05, 4.69) is 19.2 Å². The number of rotatable bonds is 7. The van der Waals surface area contributed by atoms with Gasteiger partial charge in [-0.2, -0.15) is 0 Å². The Bertz CT molecular complexity index is 799. The predicted molar refractivity (Wildman–Crippen MR) is 94.1 cm³/mol. The Morgan fingerprint density at radius 2 is 1.88 bits per heavy atom. The van der Waals surface area contributed by atoms with E-state index in [4.69, 9.17) is 0 Å². The van der Waals surface area contributed by atoms with Crippen molar-refractivity contribution in [3.8, 4) is 0 Å². The summed E-state index contributed by atoms with van der Waals surface area (Å²) in [4.78, 5) is 34.4. The molecule has 0 aliphatic heterocycles. The van der Waals surface area contributed by atoms with Crippen molar-refractivity contribution in [2.75, 3.05) is 0 Å². The number of hydrogen-bond donors (Lipinski definition) is 1. The highest BCUT2D eigenvalue weighted by Crippen LogP contribution is 2.21. The molecule has 1 N–H and O–H groups in total. The van der Waals surface area contributed by atoms with Gasteiger partial charge in [-0.3, -0.25) is 24.3 Å². The summed E-state index contributed by atoms with van der Waals surface area (Å²) in [5, 5.41) is 13.7. The van der Waals surface area contributed by atoms with Gasteiger partial charge in [0.05, 0.1) is 17.2 Å². The fourth-order valence-electron chi connectivity index (χ4n) is 2.58. The Balaban J connectivity index is 2.15. The molecule has 2 aromatic rings. The molecule has 1 amide bonds. The predicted octanol–water partition coefficient (Wildman–Crippen LogP) is 2.66. The monoisotopic (exact) mass is 343 g/mol. The molecule has 0 spiro atoms. The molecule has 1 atom stereocenters. The van der Waals surface area contributed by atoms with Crippen LogP contribution in [0.3, 0.4) is 0 Å². The maximum atomic E-state index is 12.4. The molecule has 7 heteroatoms. The molecular formula is C18H21N3O4. The van der Waals surface area contributed by atoms with Gasteiger partial charge in [0, 0.05) is 12.1 Å². The minimum Gasteiger partial charge on any atom is -0.348 e. The second kappa shape index (κ2) is 8.23. The van der Waals surface area contributed by atoms with Crippen molar-refractivity contribution in [3.05, 3.63) is 74.7 Å². The Hall–Kier alpha value is -2.96. The smallest absolute Gasteiger partial charge is 0.285 e. The minimum atomic E-state index is -0.598. The van der Waals surface area contributed by atoms with Gasteiger partial charge in [-0.25, -0.2) is 0 Å². The average Bonchev–Trinajstić information content (AvgIpc) is 2.56. The first-order valence-corrected chi connectivity index (χ1v) is 8.06. The summed E-state index contributed by atoms with van der Waals surface area (Å²) in [7, 11) is 0. The third-order valence-corrected chi connectivity index (χ3v) is 3.74. The number of pyridine rings is 1. The Morgan fingerprint density at radius 3 is 2.48 bits per heavy atom. The van der Waals surface area contributed by atoms with Crippen molar-refractivity contribution in [2.24, 2.45) is 5.92 Å². The van der Waals surface area contributed by atoms with Crippen LogP contribution in [0.5, 0.6) is 0 Å². The highest BCUT2D eigenvalue weighted by Gasteiger charge is 2.17. The second-order valence-corrected chi connectivity index (χ2v) is 6.27. The minimum absolute atomic E-state index is 0.178. The van der Waals surface area contributed by atoms with Crippen molar-refractivity contribution in [1.29, 1.82) is 0 Å². The lowest BCUT2D eigenvalue weighted by atomic mass is 9.97. The van der Waals surface area contributed by atoms with Gasteiger partial charge in [0.15, 0.2) is 0 Å². The highest BCUT2D eigenvalue weighted by molar-refractivity contribution is 5.76. The Labute approximate surface area is 145 Å². The van der Waals surface area contributed by atoms with Crippen LogP contribution in [0, 0.1) is 16.0 Å². The number of aromatic nitrogens is 1. The third-order valence-electron chi connectivity index (χ3n) is 3.74. The lowest BCUT2D eigenvalue weighted by molar-refractivity contribution is -0.385. The van der Waals surface area contributed by atoms with Crippen LogP contribution >= 0.6 is 0 Å². The van der Waals surface area contributed by atoms with Gasteiger partial charge in [-0.1, -0.05) is 44.2 Å². The molecule has 1 aromatic heterocycles. The van der Waals surface area contributed by atoms with Crippen molar-refractivity contribution in [1.82, 2.24) is 9.88 Å². The molecule has 0 bridgehead atoms. The van der Waals surface area contributed by atoms with Crippen molar-refractivity contribution < 1.29 is 9.72 Å². The summed E-state index contributed by atoms with van der Waals surface area (Å²) in [6.45, 7) is 3.86. The number of carbonyl (C=O) groups excluding carboxylic acids is 1. The zero-order chi connectivity index (χ0) is 18.4. The van der Waals surface area contributed by atoms with E-state index in [1.807, 2.05) is 30.3 Å². The molecular weight excluding hydrogens is 322 g/mol. The molecule has 132 valence electrons. The second-order valence-electron chi connectivity index (χ2n) is 6.27. The molecule has 0 radical (unpaired) electrons. The van der Waals surface area contributed by atoms with Crippen molar-refractivity contribution >= 4 is 11.6 Å². The molecule has 0 aliphatic rings. The van der Waals surface area contributed by atoms with E-state index >= 15 is 0 Å². The summed E-state index contributed by atoms with van der Waals surface area (Å²) < 4.78 is 1.05. The quantitative estimate of drug-likeness (QED) is 0.618. The van der Waals surface area contributed by atoms with Crippen LogP contribution in [-0.2, 0) is 11.3 Å². The van der Waals surface area contributed by atoms with E-state index in [0.29, 0.717) is 5.92 Å². The molecule has 2 rings (SSSR count). The molecule has 0 aliphatic carbocycles. The number of nitrogens with zero attached hydrogens (tertiary/aromatic N) is 2. The first kappa shape index (κ1) is 18.4. The van der Waals surface area contributed by atoms with Crippen molar-refractivity contribution in [2.45, 2.75) is 32.9 Å². The SMILES string of the molecule is CC(C)C[C@@H](NC(=O)Cn1cc([N+](=O)[O-])ccc1=O)c1ccccc1. The fraction of sp³-hybridized carbons (Fsp3) is 0.333. The van der Waals surface area contributed by atoms with Crippen LogP contribution in [0.1, 0.15) is 31.9 Å². The van der Waals surface area contributed by atoms with Gasteiger partial charge in [-0.05, 0) is 17.9 Å². The Morgan fingerprint density at radius 1 is 1.20 bits per heavy atom. The van der Waals surface area contributed by atoms with E-state index in [9.17, 15) is 19.7 Å². The number of nitro groups is 1. The molecule has 0 fully saturated rings. The number of carbonyl (C=O) groups is 1. The van der Waals surface area contributed by atoms with Crippen LogP contribution in [0.4, 0.5) is 5.69 Å². The molecule has 0 unspecified atom stereocenters. The zero-order valence-corrected chi connectivity index (χ0v) is 14.2. The summed E-state index contributed by atoms with van der Waals surface area (Å²) in [6.07, 6.45) is 1.83. The first-order valence-electron chi connectivity index (χ1n) is 8.06. The van der Waals surface area contributed by atoms with Gasteiger partial charge >= 0.3 is 0 Å². The average molecular weight is 343 g/mol. The Kier molecular flexibility index (Phi) is 6.05. The number of benzene rings is 1. The van der Waals surface area contributed by atoms with Gasteiger partial charge in [0.1, 0.15) is 6.54 Å². The van der Waals surface area contributed by atoms with Crippen LogP contribution in [0.15, 0.2) is 53.5 Å². The van der Waals surface area contributed by atoms with E-state index in [0.717, 1.165) is 34.9 Å². The van der Waals surface area contributed by atoms with Gasteiger partial charge in [0.25, 0.3) is 11.2 Å². The molecule has 7 nitrogen and oxygen atoms in total. The van der Waals surface area contributed by atoms with Crippen LogP contribution in [-0.4, -0.2) is 15.4 Å².